The first-order chi connectivity index (χ1) is 16.2. The largest absolute Gasteiger partial charge is 0.327 e. The third-order valence-corrected chi connectivity index (χ3v) is 9.95. The van der Waals surface area contributed by atoms with Crippen molar-refractivity contribution in [2.45, 2.75) is 121 Å². The molecule has 6 saturated carbocycles. The molecule has 0 aromatic rings. The number of hydrogen-bond donors (Lipinski definition) is 4. The van der Waals surface area contributed by atoms with Gasteiger partial charge in [0.05, 0.1) is 6.54 Å². The van der Waals surface area contributed by atoms with Crippen molar-refractivity contribution < 1.29 is 8.78 Å². The summed E-state index contributed by atoms with van der Waals surface area (Å²) in [6, 6.07) is 1.74. The second kappa shape index (κ2) is 11.8. The molecule has 7 N–H and O–H groups in total. The van der Waals surface area contributed by atoms with Crippen LogP contribution < -0.4 is 22.5 Å². The highest BCUT2D eigenvalue weighted by Crippen LogP contribution is 2.49. The summed E-state index contributed by atoms with van der Waals surface area (Å²) in [4.78, 5) is 0. The molecule has 0 amide bonds. The number of fused-ring (bicyclic) bond motifs is 4. The third-order valence-electron chi connectivity index (χ3n) is 9.95. The first-order valence-electron chi connectivity index (χ1n) is 14.6. The fourth-order valence-corrected chi connectivity index (χ4v) is 7.58. The predicted molar refractivity (Wildman–Crippen MR) is 136 cm³/mol. The van der Waals surface area contributed by atoms with Crippen LogP contribution in [0.2, 0.25) is 0 Å². The molecule has 198 valence electrons. The standard InChI is InChI=1S/C8H15N.2C7H13N.C6H11F2N/c9-8-6-2-1-3-7(8)5-4-6;2*8-7-3-1-2-5-4-6(5)7;1-5-2-6(7,8)4-9-3-5/h6-8H,1-5,9H2;2*5-7H,1-4,8H2;5,9H,2-4H2,1H3/t;5-,6+,7+;5-,6+,7-;/m.00./s1. The van der Waals surface area contributed by atoms with Gasteiger partial charge in [-0.15, -0.1) is 0 Å². The first kappa shape index (κ1) is 26.8. The molecule has 1 heterocycles. The predicted octanol–water partition coefficient (Wildman–Crippen LogP) is 5.04. The van der Waals surface area contributed by atoms with Gasteiger partial charge in [0.25, 0.3) is 5.92 Å². The number of halogens is 2. The summed E-state index contributed by atoms with van der Waals surface area (Å²) in [5.41, 5.74) is 17.6. The van der Waals surface area contributed by atoms with Crippen LogP contribution in [0.25, 0.3) is 0 Å². The van der Waals surface area contributed by atoms with Crippen molar-refractivity contribution in [1.82, 2.24) is 5.32 Å². The van der Waals surface area contributed by atoms with Gasteiger partial charge in [-0.2, -0.15) is 0 Å². The Labute approximate surface area is 206 Å². The molecule has 1 aliphatic heterocycles. The fourth-order valence-electron chi connectivity index (χ4n) is 7.58. The number of nitrogens with two attached hydrogens (primary N) is 3. The highest BCUT2D eigenvalue weighted by atomic mass is 19.3. The lowest BCUT2D eigenvalue weighted by Gasteiger charge is -2.26. The van der Waals surface area contributed by atoms with Crippen molar-refractivity contribution in [2.24, 2.45) is 58.6 Å². The first-order valence-corrected chi connectivity index (χ1v) is 14.6. The zero-order valence-electron chi connectivity index (χ0n) is 21.6. The van der Waals surface area contributed by atoms with Gasteiger partial charge in [-0.1, -0.05) is 39.0 Å². The van der Waals surface area contributed by atoms with E-state index >= 15 is 0 Å². The Balaban J connectivity index is 0.000000107. The topological polar surface area (TPSA) is 90.1 Å². The Morgan fingerprint density at radius 3 is 1.50 bits per heavy atom. The van der Waals surface area contributed by atoms with E-state index in [1.165, 1.54) is 83.5 Å². The van der Waals surface area contributed by atoms with E-state index in [0.717, 1.165) is 42.1 Å². The average Bonchev–Trinajstić information content (AvgIpc) is 3.67. The smallest absolute Gasteiger partial charge is 0.260 e. The summed E-state index contributed by atoms with van der Waals surface area (Å²) in [7, 11) is 0. The lowest BCUT2D eigenvalue weighted by Crippen LogP contribution is -2.42. The number of alkyl halides is 2. The Bertz CT molecular complexity index is 590. The van der Waals surface area contributed by atoms with E-state index in [2.05, 4.69) is 5.32 Å². The van der Waals surface area contributed by atoms with Gasteiger partial charge >= 0.3 is 0 Å². The third kappa shape index (κ3) is 7.60. The Kier molecular flexibility index (Phi) is 9.31. The zero-order chi connectivity index (χ0) is 24.3. The van der Waals surface area contributed by atoms with E-state index < -0.39 is 5.92 Å². The molecule has 4 nitrogen and oxygen atoms in total. The second-order valence-electron chi connectivity index (χ2n) is 12.9. The van der Waals surface area contributed by atoms with E-state index in [1.807, 2.05) is 6.92 Å². The molecule has 34 heavy (non-hydrogen) atoms. The van der Waals surface area contributed by atoms with Crippen LogP contribution in [0, 0.1) is 41.4 Å². The van der Waals surface area contributed by atoms with Gasteiger partial charge in [0.1, 0.15) is 0 Å². The van der Waals surface area contributed by atoms with Crippen molar-refractivity contribution >= 4 is 0 Å². The molecule has 6 heteroatoms. The van der Waals surface area contributed by atoms with Crippen molar-refractivity contribution in [3.8, 4) is 0 Å². The molecule has 7 fully saturated rings. The monoisotopic (exact) mass is 482 g/mol. The molecule has 9 atom stereocenters. The normalized spacial score (nSPS) is 47.1. The molecule has 0 aromatic heterocycles. The molecule has 0 aromatic carbocycles. The number of piperidine rings is 1. The molecular weight excluding hydrogens is 430 g/mol. The molecule has 3 unspecified atom stereocenters. The molecular formula is C28H52F2N4. The van der Waals surface area contributed by atoms with Crippen LogP contribution in [0.3, 0.4) is 0 Å². The summed E-state index contributed by atoms with van der Waals surface area (Å²) < 4.78 is 24.8. The minimum atomic E-state index is -2.46. The van der Waals surface area contributed by atoms with Gasteiger partial charge in [-0.3, -0.25) is 0 Å². The highest BCUT2D eigenvalue weighted by Gasteiger charge is 2.44. The summed E-state index contributed by atoms with van der Waals surface area (Å²) >= 11 is 0. The zero-order valence-corrected chi connectivity index (χ0v) is 21.6. The summed E-state index contributed by atoms with van der Waals surface area (Å²) in [5, 5.41) is 2.67. The fraction of sp³-hybridized carbons (Fsp3) is 1.00. The van der Waals surface area contributed by atoms with Crippen molar-refractivity contribution in [2.75, 3.05) is 13.1 Å². The van der Waals surface area contributed by atoms with Crippen LogP contribution in [0.5, 0.6) is 0 Å². The summed E-state index contributed by atoms with van der Waals surface area (Å²) in [6.07, 6.45) is 18.4. The van der Waals surface area contributed by atoms with Crippen molar-refractivity contribution in [3.05, 3.63) is 0 Å². The maximum Gasteiger partial charge on any atom is 0.260 e. The quantitative estimate of drug-likeness (QED) is 0.389. The van der Waals surface area contributed by atoms with Crippen molar-refractivity contribution in [3.63, 3.8) is 0 Å². The summed E-state index contributed by atoms with van der Waals surface area (Å²) in [5.74, 6) is 3.48. The lowest BCUT2D eigenvalue weighted by molar-refractivity contribution is -0.0362. The van der Waals surface area contributed by atoms with Gasteiger partial charge in [-0.25, -0.2) is 8.78 Å². The molecule has 7 rings (SSSR count). The van der Waals surface area contributed by atoms with Crippen LogP contribution in [-0.2, 0) is 0 Å². The second-order valence-corrected chi connectivity index (χ2v) is 12.9. The minimum Gasteiger partial charge on any atom is -0.327 e. The van der Waals surface area contributed by atoms with Crippen LogP contribution in [0.15, 0.2) is 0 Å². The Morgan fingerprint density at radius 1 is 0.676 bits per heavy atom. The van der Waals surface area contributed by atoms with Gasteiger partial charge in [0.2, 0.25) is 0 Å². The van der Waals surface area contributed by atoms with Crippen LogP contribution >= 0.6 is 0 Å². The van der Waals surface area contributed by atoms with E-state index in [-0.39, 0.29) is 18.9 Å². The minimum absolute atomic E-state index is 0.0417. The maximum absolute atomic E-state index is 12.4. The molecule has 0 spiro atoms. The van der Waals surface area contributed by atoms with E-state index in [1.54, 1.807) is 0 Å². The van der Waals surface area contributed by atoms with E-state index in [9.17, 15) is 8.78 Å². The van der Waals surface area contributed by atoms with Gasteiger partial charge < -0.3 is 22.5 Å². The van der Waals surface area contributed by atoms with Gasteiger partial charge in [-0.05, 0) is 99.3 Å². The van der Waals surface area contributed by atoms with Gasteiger partial charge in [0, 0.05) is 24.5 Å². The van der Waals surface area contributed by atoms with E-state index in [4.69, 9.17) is 17.2 Å². The van der Waals surface area contributed by atoms with Crippen LogP contribution in [0.4, 0.5) is 8.78 Å². The van der Waals surface area contributed by atoms with Crippen LogP contribution in [0.1, 0.15) is 96.8 Å². The molecule has 2 bridgehead atoms. The van der Waals surface area contributed by atoms with Gasteiger partial charge in [0.15, 0.2) is 0 Å². The molecule has 0 radical (unpaired) electrons. The van der Waals surface area contributed by atoms with E-state index in [0.29, 0.717) is 18.1 Å². The molecule has 7 aliphatic rings. The lowest BCUT2D eigenvalue weighted by atomic mass is 9.85. The highest BCUT2D eigenvalue weighted by molar-refractivity contribution is 4.97. The van der Waals surface area contributed by atoms with Crippen LogP contribution in [-0.4, -0.2) is 37.1 Å². The van der Waals surface area contributed by atoms with Crippen molar-refractivity contribution in [1.29, 1.82) is 0 Å². The number of nitrogens with one attached hydrogen (secondary N) is 1. The Morgan fingerprint density at radius 2 is 1.15 bits per heavy atom. The SMILES string of the molecule is CC1CNCC(F)(F)C1.NC1C2CCCC1CC2.N[C@@H]1CCC[C@H]2C[C@H]21.N[C@H]1CCC[C@H]2C[C@H]21. The maximum atomic E-state index is 12.4. The number of rotatable bonds is 0. The molecule has 1 saturated heterocycles. The number of hydrogen-bond acceptors (Lipinski definition) is 4. The Hall–Kier alpha value is -0.300. The molecule has 6 aliphatic carbocycles. The average molecular weight is 483 g/mol. The summed E-state index contributed by atoms with van der Waals surface area (Å²) in [6.45, 7) is 2.42.